The number of esters is 1. The normalized spacial score (nSPS) is 10.0. The van der Waals surface area contributed by atoms with Gasteiger partial charge in [0.05, 0.1) is 6.61 Å². The molecule has 0 aromatic heterocycles. The van der Waals surface area contributed by atoms with Gasteiger partial charge in [-0.05, 0) is 37.5 Å². The SMILES string of the molecule is C=C(CNc1ccc(CCCC)cc1)C(=O)OCC. The van der Waals surface area contributed by atoms with Crippen molar-refractivity contribution in [1.82, 2.24) is 0 Å². The molecule has 0 saturated heterocycles. The van der Waals surface area contributed by atoms with Gasteiger partial charge in [-0.2, -0.15) is 0 Å². The van der Waals surface area contributed by atoms with Crippen LogP contribution >= 0.6 is 0 Å². The first-order valence-electron chi connectivity index (χ1n) is 6.85. The number of benzene rings is 1. The van der Waals surface area contributed by atoms with Crippen LogP contribution in [0.25, 0.3) is 0 Å². The number of carbonyl (C=O) groups excluding carboxylic acids is 1. The molecule has 1 N–H and O–H groups in total. The second-order valence-electron chi connectivity index (χ2n) is 4.48. The third kappa shape index (κ3) is 5.60. The van der Waals surface area contributed by atoms with Crippen molar-refractivity contribution in [2.24, 2.45) is 0 Å². The van der Waals surface area contributed by atoms with Gasteiger partial charge in [-0.1, -0.05) is 32.1 Å². The maximum atomic E-state index is 11.4. The van der Waals surface area contributed by atoms with Crippen molar-refractivity contribution in [3.8, 4) is 0 Å². The first-order valence-corrected chi connectivity index (χ1v) is 6.85. The average Bonchev–Trinajstić information content (AvgIpc) is 2.43. The van der Waals surface area contributed by atoms with E-state index in [4.69, 9.17) is 4.74 Å². The van der Waals surface area contributed by atoms with Crippen LogP contribution in [-0.2, 0) is 16.0 Å². The molecule has 0 unspecified atom stereocenters. The third-order valence-corrected chi connectivity index (χ3v) is 2.84. The van der Waals surface area contributed by atoms with Crippen molar-refractivity contribution in [3.05, 3.63) is 42.0 Å². The highest BCUT2D eigenvalue weighted by Crippen LogP contribution is 2.12. The largest absolute Gasteiger partial charge is 0.463 e. The molecule has 0 aliphatic rings. The summed E-state index contributed by atoms with van der Waals surface area (Å²) in [7, 11) is 0. The molecule has 104 valence electrons. The van der Waals surface area contributed by atoms with Gasteiger partial charge >= 0.3 is 5.97 Å². The minimum atomic E-state index is -0.338. The van der Waals surface area contributed by atoms with Crippen LogP contribution < -0.4 is 5.32 Å². The number of nitrogens with one attached hydrogen (secondary N) is 1. The summed E-state index contributed by atoms with van der Waals surface area (Å²) in [6.07, 6.45) is 3.54. The monoisotopic (exact) mass is 261 g/mol. The number of carbonyl (C=O) groups is 1. The van der Waals surface area contributed by atoms with Gasteiger partial charge in [0, 0.05) is 17.8 Å². The maximum Gasteiger partial charge on any atom is 0.335 e. The number of hydrogen-bond acceptors (Lipinski definition) is 3. The summed E-state index contributed by atoms with van der Waals surface area (Å²) in [5, 5.41) is 3.17. The minimum absolute atomic E-state index is 0.338. The first-order chi connectivity index (χ1) is 9.17. The molecule has 3 heteroatoms. The highest BCUT2D eigenvalue weighted by atomic mass is 16.5. The Kier molecular flexibility index (Phi) is 6.72. The molecule has 0 heterocycles. The molecule has 0 amide bonds. The smallest absolute Gasteiger partial charge is 0.335 e. The molecule has 3 nitrogen and oxygen atoms in total. The molecule has 0 atom stereocenters. The van der Waals surface area contributed by atoms with E-state index in [0.717, 1.165) is 12.1 Å². The zero-order valence-corrected chi connectivity index (χ0v) is 11.9. The van der Waals surface area contributed by atoms with Gasteiger partial charge in [-0.25, -0.2) is 4.79 Å². The summed E-state index contributed by atoms with van der Waals surface area (Å²) in [4.78, 5) is 11.4. The van der Waals surface area contributed by atoms with E-state index in [-0.39, 0.29) is 5.97 Å². The maximum absolute atomic E-state index is 11.4. The van der Waals surface area contributed by atoms with Crippen molar-refractivity contribution < 1.29 is 9.53 Å². The molecule has 1 aromatic carbocycles. The number of rotatable bonds is 8. The van der Waals surface area contributed by atoms with Gasteiger partial charge in [-0.15, -0.1) is 0 Å². The van der Waals surface area contributed by atoms with E-state index in [1.807, 2.05) is 12.1 Å². The van der Waals surface area contributed by atoms with E-state index in [1.54, 1.807) is 6.92 Å². The van der Waals surface area contributed by atoms with Gasteiger partial charge in [0.25, 0.3) is 0 Å². The molecule has 0 aliphatic heterocycles. The molecule has 0 saturated carbocycles. The van der Waals surface area contributed by atoms with E-state index in [0.29, 0.717) is 18.7 Å². The minimum Gasteiger partial charge on any atom is -0.463 e. The Morgan fingerprint density at radius 3 is 2.53 bits per heavy atom. The molecule has 0 bridgehead atoms. The van der Waals surface area contributed by atoms with E-state index in [9.17, 15) is 4.79 Å². The van der Waals surface area contributed by atoms with Crippen LogP contribution in [0.5, 0.6) is 0 Å². The summed E-state index contributed by atoms with van der Waals surface area (Å²) in [6.45, 7) is 8.47. The molecular formula is C16H23NO2. The number of ether oxygens (including phenoxy) is 1. The fraction of sp³-hybridized carbons (Fsp3) is 0.438. The highest BCUT2D eigenvalue weighted by Gasteiger charge is 2.06. The Morgan fingerprint density at radius 2 is 1.95 bits per heavy atom. The molecule has 1 rings (SSSR count). The van der Waals surface area contributed by atoms with Gasteiger partial charge < -0.3 is 10.1 Å². The van der Waals surface area contributed by atoms with Crippen molar-refractivity contribution in [1.29, 1.82) is 0 Å². The third-order valence-electron chi connectivity index (χ3n) is 2.84. The number of anilines is 1. The Hall–Kier alpha value is -1.77. The van der Waals surface area contributed by atoms with Crippen molar-refractivity contribution >= 4 is 11.7 Å². The van der Waals surface area contributed by atoms with Gasteiger partial charge in [0.2, 0.25) is 0 Å². The van der Waals surface area contributed by atoms with Crippen LogP contribution in [0.1, 0.15) is 32.3 Å². The lowest BCUT2D eigenvalue weighted by Gasteiger charge is -2.09. The molecule has 0 fully saturated rings. The second-order valence-corrected chi connectivity index (χ2v) is 4.48. The predicted molar refractivity (Wildman–Crippen MR) is 79.3 cm³/mol. The second kappa shape index (κ2) is 8.35. The quantitative estimate of drug-likeness (QED) is 0.574. The Bertz CT molecular complexity index is 409. The average molecular weight is 261 g/mol. The van der Waals surface area contributed by atoms with Gasteiger partial charge in [-0.3, -0.25) is 0 Å². The number of aryl methyl sites for hydroxylation is 1. The van der Waals surface area contributed by atoms with Crippen LogP contribution in [-0.4, -0.2) is 19.1 Å². The zero-order chi connectivity index (χ0) is 14.1. The first kappa shape index (κ1) is 15.3. The summed E-state index contributed by atoms with van der Waals surface area (Å²) in [5.41, 5.74) is 2.78. The van der Waals surface area contributed by atoms with Crippen molar-refractivity contribution in [2.45, 2.75) is 33.1 Å². The topological polar surface area (TPSA) is 38.3 Å². The highest BCUT2D eigenvalue weighted by molar-refractivity contribution is 5.88. The summed E-state index contributed by atoms with van der Waals surface area (Å²) in [5.74, 6) is -0.338. The number of unbranched alkanes of at least 4 members (excludes halogenated alkanes) is 1. The molecule has 1 aromatic rings. The Labute approximate surface area is 115 Å². The van der Waals surface area contributed by atoms with Crippen LogP contribution in [0.4, 0.5) is 5.69 Å². The summed E-state index contributed by atoms with van der Waals surface area (Å²) in [6, 6.07) is 8.29. The molecule has 0 aliphatic carbocycles. The molecule has 19 heavy (non-hydrogen) atoms. The lowest BCUT2D eigenvalue weighted by atomic mass is 10.1. The van der Waals surface area contributed by atoms with Crippen molar-refractivity contribution in [2.75, 3.05) is 18.5 Å². The van der Waals surface area contributed by atoms with E-state index in [2.05, 4.69) is 31.0 Å². The standard InChI is InChI=1S/C16H23NO2/c1-4-6-7-14-8-10-15(11-9-14)17-12-13(3)16(18)19-5-2/h8-11,17H,3-7,12H2,1-2H3. The molecular weight excluding hydrogens is 238 g/mol. The van der Waals surface area contributed by atoms with Crippen LogP contribution in [0.15, 0.2) is 36.4 Å². The summed E-state index contributed by atoms with van der Waals surface area (Å²) >= 11 is 0. The Balaban J connectivity index is 2.41. The molecule has 0 radical (unpaired) electrons. The lowest BCUT2D eigenvalue weighted by Crippen LogP contribution is -2.14. The van der Waals surface area contributed by atoms with Crippen LogP contribution in [0, 0.1) is 0 Å². The van der Waals surface area contributed by atoms with E-state index >= 15 is 0 Å². The van der Waals surface area contributed by atoms with Gasteiger partial charge in [0.15, 0.2) is 0 Å². The Morgan fingerprint density at radius 1 is 1.26 bits per heavy atom. The zero-order valence-electron chi connectivity index (χ0n) is 11.9. The van der Waals surface area contributed by atoms with Gasteiger partial charge in [0.1, 0.15) is 0 Å². The predicted octanol–water partition coefficient (Wildman–Crippen LogP) is 3.56. The van der Waals surface area contributed by atoms with Crippen LogP contribution in [0.2, 0.25) is 0 Å². The summed E-state index contributed by atoms with van der Waals surface area (Å²) < 4.78 is 4.88. The van der Waals surface area contributed by atoms with E-state index < -0.39 is 0 Å². The number of hydrogen-bond donors (Lipinski definition) is 1. The molecule has 0 spiro atoms. The van der Waals surface area contributed by atoms with E-state index in [1.165, 1.54) is 18.4 Å². The van der Waals surface area contributed by atoms with Crippen LogP contribution in [0.3, 0.4) is 0 Å². The van der Waals surface area contributed by atoms with Crippen molar-refractivity contribution in [3.63, 3.8) is 0 Å². The fourth-order valence-corrected chi connectivity index (χ4v) is 1.68. The lowest BCUT2D eigenvalue weighted by molar-refractivity contribution is -0.138. The fourth-order valence-electron chi connectivity index (χ4n) is 1.68.